The van der Waals surface area contributed by atoms with E-state index in [2.05, 4.69) is 77.9 Å². The van der Waals surface area contributed by atoms with Crippen molar-refractivity contribution in [3.8, 4) is 9.75 Å². The van der Waals surface area contributed by atoms with E-state index in [1.807, 2.05) is 22.7 Å². The van der Waals surface area contributed by atoms with Gasteiger partial charge in [-0.05, 0) is 162 Å². The number of thiophene rings is 2. The Morgan fingerprint density at radius 1 is 0.627 bits per heavy atom. The lowest BCUT2D eigenvalue weighted by atomic mass is 9.72. The normalized spacial score (nSPS) is 20.9. The Morgan fingerprint density at radius 3 is 1.92 bits per heavy atom. The van der Waals surface area contributed by atoms with Crippen LogP contribution in [0.1, 0.15) is 69.5 Å². The fourth-order valence-electron chi connectivity index (χ4n) is 12.7. The summed E-state index contributed by atoms with van der Waals surface area (Å²) in [6, 6.07) is 25.1. The van der Waals surface area contributed by atoms with Crippen LogP contribution in [0.5, 0.6) is 0 Å². The fourth-order valence-corrected chi connectivity index (χ4v) is 14.7. The molecule has 3 aliphatic carbocycles. The molecule has 0 saturated carbocycles. The van der Waals surface area contributed by atoms with Crippen LogP contribution in [0.3, 0.4) is 0 Å². The van der Waals surface area contributed by atoms with Crippen LogP contribution in [0.25, 0.3) is 95.9 Å². The fraction of sp³-hybridized carbons (Fsp3) is 0.234. The number of hydrogen-bond donors (Lipinski definition) is 0. The molecule has 1 aliphatic heterocycles. The molecule has 1 saturated heterocycles. The summed E-state index contributed by atoms with van der Waals surface area (Å²) in [6.07, 6.45) is 3.19. The molecule has 0 N–H and O–H groups in total. The Balaban J connectivity index is 1.09. The van der Waals surface area contributed by atoms with Crippen LogP contribution < -0.4 is 0 Å². The van der Waals surface area contributed by atoms with Crippen LogP contribution in [-0.2, 0) is 17.6 Å². The van der Waals surface area contributed by atoms with Crippen LogP contribution in [0.15, 0.2) is 66.0 Å². The van der Waals surface area contributed by atoms with Gasteiger partial charge in [-0.1, -0.05) is 49.4 Å². The zero-order chi connectivity index (χ0) is 32.6. The van der Waals surface area contributed by atoms with E-state index in [0.29, 0.717) is 17.9 Å². The lowest BCUT2D eigenvalue weighted by molar-refractivity contribution is 0.0987. The van der Waals surface area contributed by atoms with E-state index in [4.69, 9.17) is 4.74 Å². The predicted octanol–water partition coefficient (Wildman–Crippen LogP) is 12.4. The van der Waals surface area contributed by atoms with Gasteiger partial charge in [0.25, 0.3) is 0 Å². The molecule has 2 nitrogen and oxygen atoms in total. The van der Waals surface area contributed by atoms with Gasteiger partial charge >= 0.3 is 0 Å². The van der Waals surface area contributed by atoms with Crippen LogP contribution in [0.4, 0.5) is 0 Å². The zero-order valence-electron chi connectivity index (χ0n) is 28.2. The number of likely N-dealkylation sites (tertiary alicyclic amines) is 1. The Bertz CT molecular complexity index is 3260. The summed E-state index contributed by atoms with van der Waals surface area (Å²) in [4.78, 5) is 7.14. The van der Waals surface area contributed by atoms with Crippen molar-refractivity contribution in [1.82, 2.24) is 4.90 Å². The van der Waals surface area contributed by atoms with Crippen molar-refractivity contribution >= 4 is 109 Å². The second-order valence-electron chi connectivity index (χ2n) is 16.3. The standard InChI is InChI=1S/C47H31NOS2/c1-2-10-49-11-9-48-19-28-26-17-24-15-22-13-20-5-6-21-14-23-16-25-18-27(38(28)47(48)31-8-7-30(51-31)29-4-3-12-50-29)40-39(26)43-36(24)34(22)41-32(20)33(21)42-35(23)37(25)44(40)46(43)45(41)42/h3-8,12-14,17-18,28,38,47H,2,9-11,15-16,19H2,1H3. The number of benzene rings is 7. The van der Waals surface area contributed by atoms with Gasteiger partial charge in [-0.3, -0.25) is 4.90 Å². The molecule has 15 rings (SSSR count). The van der Waals surface area contributed by atoms with E-state index in [9.17, 15) is 0 Å². The van der Waals surface area contributed by atoms with Crippen molar-refractivity contribution in [2.75, 3.05) is 26.3 Å². The van der Waals surface area contributed by atoms with Gasteiger partial charge in [0, 0.05) is 46.2 Å². The predicted molar refractivity (Wildman–Crippen MR) is 217 cm³/mol. The maximum Gasteiger partial charge on any atom is 0.0593 e. The van der Waals surface area contributed by atoms with Crippen LogP contribution >= 0.6 is 22.7 Å². The van der Waals surface area contributed by atoms with Crippen molar-refractivity contribution in [2.24, 2.45) is 0 Å². The molecule has 4 aliphatic rings. The van der Waals surface area contributed by atoms with Gasteiger partial charge in [-0.2, -0.15) is 0 Å². The summed E-state index contributed by atoms with van der Waals surface area (Å²) in [5, 5.41) is 27.4. The van der Waals surface area contributed by atoms with E-state index < -0.39 is 0 Å². The second kappa shape index (κ2) is 8.48. The summed E-state index contributed by atoms with van der Waals surface area (Å²) in [5.41, 5.74) is 9.55. The van der Waals surface area contributed by atoms with E-state index in [-0.39, 0.29) is 0 Å². The number of hydrogen-bond acceptors (Lipinski definition) is 4. The first-order valence-electron chi connectivity index (χ1n) is 19.0. The van der Waals surface area contributed by atoms with Crippen molar-refractivity contribution in [2.45, 2.75) is 44.1 Å². The quantitative estimate of drug-likeness (QED) is 0.122. The molecule has 3 unspecified atom stereocenters. The monoisotopic (exact) mass is 689 g/mol. The molecule has 0 spiro atoms. The number of rotatable bonds is 7. The van der Waals surface area contributed by atoms with Crippen LogP contribution in [-0.4, -0.2) is 31.2 Å². The molecular formula is C47H31NOS2. The topological polar surface area (TPSA) is 12.5 Å². The summed E-state index contributed by atoms with van der Waals surface area (Å²) in [5.74, 6) is 0.888. The molecule has 11 aromatic rings. The molecule has 4 heteroatoms. The minimum Gasteiger partial charge on any atom is -0.380 e. The van der Waals surface area contributed by atoms with E-state index in [1.165, 1.54) is 36.2 Å². The molecule has 0 amide bonds. The third-order valence-corrected chi connectivity index (χ3v) is 16.3. The van der Waals surface area contributed by atoms with Gasteiger partial charge in [-0.15, -0.1) is 22.7 Å². The van der Waals surface area contributed by atoms with E-state index in [1.54, 1.807) is 98.0 Å². The highest BCUT2D eigenvalue weighted by molar-refractivity contribution is 7.21. The number of nitrogens with zero attached hydrogens (tertiary/aromatic N) is 1. The number of ether oxygens (including phenoxy) is 1. The highest BCUT2D eigenvalue weighted by Gasteiger charge is 2.50. The van der Waals surface area contributed by atoms with Gasteiger partial charge < -0.3 is 4.74 Å². The third kappa shape index (κ3) is 2.73. The maximum atomic E-state index is 6.21. The van der Waals surface area contributed by atoms with Crippen molar-refractivity contribution in [3.63, 3.8) is 0 Å². The van der Waals surface area contributed by atoms with Crippen molar-refractivity contribution in [3.05, 3.63) is 104 Å². The molecule has 2 aromatic heterocycles. The van der Waals surface area contributed by atoms with Gasteiger partial charge in [-0.25, -0.2) is 0 Å². The Labute approximate surface area is 301 Å². The van der Waals surface area contributed by atoms with Gasteiger partial charge in [0.2, 0.25) is 0 Å². The molecule has 9 aromatic carbocycles. The first kappa shape index (κ1) is 26.5. The zero-order valence-corrected chi connectivity index (χ0v) is 29.8. The third-order valence-electron chi connectivity index (χ3n) is 14.1. The Morgan fingerprint density at radius 2 is 1.25 bits per heavy atom. The minimum absolute atomic E-state index is 0.339. The first-order chi connectivity index (χ1) is 25.3. The van der Waals surface area contributed by atoms with Gasteiger partial charge in [0.15, 0.2) is 0 Å². The Kier molecular flexibility index (Phi) is 4.40. The lowest BCUT2D eigenvalue weighted by Gasteiger charge is -2.32. The summed E-state index contributed by atoms with van der Waals surface area (Å²) in [7, 11) is 0. The molecule has 51 heavy (non-hydrogen) atoms. The van der Waals surface area contributed by atoms with Gasteiger partial charge in [0.05, 0.1) is 12.6 Å². The number of fused-ring (bicyclic) bond motifs is 3. The van der Waals surface area contributed by atoms with E-state index >= 15 is 0 Å². The average molecular weight is 690 g/mol. The van der Waals surface area contributed by atoms with E-state index in [0.717, 1.165) is 45.6 Å². The molecule has 242 valence electrons. The highest BCUT2D eigenvalue weighted by Crippen LogP contribution is 2.67. The Hall–Kier alpha value is -4.32. The molecule has 0 bridgehead atoms. The maximum absolute atomic E-state index is 6.21. The summed E-state index contributed by atoms with van der Waals surface area (Å²) in [6.45, 7) is 5.93. The lowest BCUT2D eigenvalue weighted by Crippen LogP contribution is -2.28. The molecule has 3 atom stereocenters. The summed E-state index contributed by atoms with van der Waals surface area (Å²) >= 11 is 3.90. The SMILES string of the molecule is CCCOCCN1CC2c3cc4c5c6c(cc7ccc8cc9c%10c%11c(cc(c%12c3c5c(c%12%11)c3c6c7c8c%103)C2C1c1ccc(-c2cccs2)s1)C9)C4. The van der Waals surface area contributed by atoms with Crippen molar-refractivity contribution in [1.29, 1.82) is 0 Å². The second-order valence-corrected chi connectivity index (χ2v) is 18.4. The summed E-state index contributed by atoms with van der Waals surface area (Å²) < 4.78 is 6.21. The van der Waals surface area contributed by atoms with Crippen molar-refractivity contribution < 1.29 is 4.74 Å². The first-order valence-corrected chi connectivity index (χ1v) is 20.7. The van der Waals surface area contributed by atoms with Crippen LogP contribution in [0, 0.1) is 0 Å². The molecule has 1 fully saturated rings. The van der Waals surface area contributed by atoms with Gasteiger partial charge in [0.1, 0.15) is 0 Å². The minimum atomic E-state index is 0.339. The highest BCUT2D eigenvalue weighted by atomic mass is 32.1. The molecular weight excluding hydrogens is 659 g/mol. The average Bonchev–Trinajstić information content (AvgIpc) is 3.99. The smallest absolute Gasteiger partial charge is 0.0593 e. The largest absolute Gasteiger partial charge is 0.380 e. The molecule has 3 heterocycles. The van der Waals surface area contributed by atoms with Crippen LogP contribution in [0.2, 0.25) is 0 Å². The molecule has 0 radical (unpaired) electrons.